The van der Waals surface area contributed by atoms with Gasteiger partial charge in [-0.05, 0) is 70.3 Å². The van der Waals surface area contributed by atoms with Crippen molar-refractivity contribution in [3.8, 4) is 33.4 Å². The van der Waals surface area contributed by atoms with Crippen molar-refractivity contribution in [2.75, 3.05) is 4.90 Å². The van der Waals surface area contributed by atoms with Gasteiger partial charge in [0.25, 0.3) is 0 Å². The van der Waals surface area contributed by atoms with Gasteiger partial charge in [0.15, 0.2) is 0 Å². The van der Waals surface area contributed by atoms with Crippen molar-refractivity contribution in [1.29, 1.82) is 0 Å². The second kappa shape index (κ2) is 11.1. The van der Waals surface area contributed by atoms with Crippen LogP contribution >= 0.6 is 0 Å². The summed E-state index contributed by atoms with van der Waals surface area (Å²) in [4.78, 5) is 2.33. The molecule has 0 spiro atoms. The summed E-state index contributed by atoms with van der Waals surface area (Å²) >= 11 is 0. The summed E-state index contributed by atoms with van der Waals surface area (Å²) in [5.74, 6) is 0. The van der Waals surface area contributed by atoms with Crippen LogP contribution in [0.4, 0.5) is 17.1 Å². The van der Waals surface area contributed by atoms with Crippen molar-refractivity contribution in [1.82, 2.24) is 0 Å². The van der Waals surface area contributed by atoms with Crippen molar-refractivity contribution in [2.45, 2.75) is 0 Å². The molecule has 0 aliphatic rings. The maximum Gasteiger partial charge on any atom is 0.143 e. The molecule has 0 atom stereocenters. The zero-order chi connectivity index (χ0) is 29.3. The molecule has 1 heterocycles. The van der Waals surface area contributed by atoms with Crippen LogP contribution in [0.3, 0.4) is 0 Å². The Balaban J connectivity index is 1.31. The molecule has 7 aromatic carbocycles. The van der Waals surface area contributed by atoms with E-state index in [9.17, 15) is 0 Å². The average Bonchev–Trinajstić information content (AvgIpc) is 3.49. The highest BCUT2D eigenvalue weighted by Gasteiger charge is 2.19. The number of rotatable bonds is 6. The number of fused-ring (bicyclic) bond motifs is 3. The fourth-order valence-electron chi connectivity index (χ4n) is 6.18. The van der Waals surface area contributed by atoms with Gasteiger partial charge in [0.05, 0.1) is 0 Å². The minimum Gasteiger partial charge on any atom is -0.455 e. The summed E-state index contributed by atoms with van der Waals surface area (Å²) in [6.45, 7) is 0. The Bertz CT molecular complexity index is 2200. The van der Waals surface area contributed by atoms with Gasteiger partial charge >= 0.3 is 0 Å². The fraction of sp³-hybridized carbons (Fsp3) is 0. The van der Waals surface area contributed by atoms with Crippen LogP contribution < -0.4 is 4.90 Å². The number of benzene rings is 7. The summed E-state index contributed by atoms with van der Waals surface area (Å²) in [5, 5.41) is 2.27. The molecular formula is C42H29NO. The minimum absolute atomic E-state index is 0.905. The summed E-state index contributed by atoms with van der Waals surface area (Å²) in [6.07, 6.45) is 0. The summed E-state index contributed by atoms with van der Waals surface area (Å²) in [7, 11) is 0. The topological polar surface area (TPSA) is 16.4 Å². The number of anilines is 3. The lowest BCUT2D eigenvalue weighted by atomic mass is 9.92. The molecule has 0 aliphatic heterocycles. The molecule has 8 aromatic rings. The third-order valence-electron chi connectivity index (χ3n) is 8.29. The van der Waals surface area contributed by atoms with Gasteiger partial charge in [-0.2, -0.15) is 0 Å². The number of nitrogens with zero attached hydrogens (tertiary/aromatic N) is 1. The van der Waals surface area contributed by atoms with E-state index in [0.717, 1.165) is 61.3 Å². The average molecular weight is 564 g/mol. The van der Waals surface area contributed by atoms with Crippen LogP contribution in [0.1, 0.15) is 0 Å². The first-order valence-electron chi connectivity index (χ1n) is 14.9. The maximum absolute atomic E-state index is 6.48. The molecule has 208 valence electrons. The fourth-order valence-corrected chi connectivity index (χ4v) is 6.18. The van der Waals surface area contributed by atoms with Crippen molar-refractivity contribution < 1.29 is 4.42 Å². The summed E-state index contributed by atoms with van der Waals surface area (Å²) in [6, 6.07) is 62.1. The Hall–Kier alpha value is -5.86. The van der Waals surface area contributed by atoms with E-state index in [4.69, 9.17) is 4.42 Å². The molecule has 2 heteroatoms. The van der Waals surface area contributed by atoms with E-state index in [1.807, 2.05) is 12.1 Å². The van der Waals surface area contributed by atoms with E-state index in [0.29, 0.717) is 0 Å². The molecule has 0 N–H and O–H groups in total. The molecular weight excluding hydrogens is 534 g/mol. The Kier molecular flexibility index (Phi) is 6.51. The van der Waals surface area contributed by atoms with Crippen molar-refractivity contribution >= 4 is 39.0 Å². The van der Waals surface area contributed by atoms with Gasteiger partial charge in [-0.3, -0.25) is 0 Å². The highest BCUT2D eigenvalue weighted by Crippen LogP contribution is 2.43. The maximum atomic E-state index is 6.48. The molecule has 0 saturated heterocycles. The summed E-state index contributed by atoms with van der Waals surface area (Å²) in [5.41, 5.74) is 12.0. The molecule has 2 nitrogen and oxygen atoms in total. The number of furan rings is 1. The van der Waals surface area contributed by atoms with Gasteiger partial charge in [-0.15, -0.1) is 0 Å². The van der Waals surface area contributed by atoms with Crippen molar-refractivity contribution in [2.24, 2.45) is 0 Å². The first kappa shape index (κ1) is 25.8. The highest BCUT2D eigenvalue weighted by molar-refractivity contribution is 6.10. The smallest absolute Gasteiger partial charge is 0.143 e. The molecule has 0 unspecified atom stereocenters. The predicted octanol–water partition coefficient (Wildman–Crippen LogP) is 12.1. The van der Waals surface area contributed by atoms with Crippen LogP contribution in [0.5, 0.6) is 0 Å². The van der Waals surface area contributed by atoms with Crippen LogP contribution in [0.15, 0.2) is 180 Å². The molecule has 0 fully saturated rings. The molecule has 8 rings (SSSR count). The third-order valence-corrected chi connectivity index (χ3v) is 8.29. The minimum atomic E-state index is 0.905. The number of hydrogen-bond acceptors (Lipinski definition) is 2. The van der Waals surface area contributed by atoms with Gasteiger partial charge in [0.2, 0.25) is 0 Å². The van der Waals surface area contributed by atoms with Gasteiger partial charge < -0.3 is 9.32 Å². The van der Waals surface area contributed by atoms with Gasteiger partial charge in [0, 0.05) is 33.4 Å². The van der Waals surface area contributed by atoms with Crippen LogP contribution in [-0.4, -0.2) is 0 Å². The second-order valence-corrected chi connectivity index (χ2v) is 11.0. The molecule has 1 aromatic heterocycles. The zero-order valence-corrected chi connectivity index (χ0v) is 24.1. The van der Waals surface area contributed by atoms with E-state index in [1.165, 1.54) is 11.1 Å². The lowest BCUT2D eigenvalue weighted by molar-refractivity contribution is 0.670. The lowest BCUT2D eigenvalue weighted by Gasteiger charge is -2.27. The van der Waals surface area contributed by atoms with Crippen LogP contribution in [-0.2, 0) is 0 Å². The molecule has 0 saturated carbocycles. The zero-order valence-electron chi connectivity index (χ0n) is 24.1. The molecule has 0 bridgehead atoms. The van der Waals surface area contributed by atoms with Gasteiger partial charge in [-0.1, -0.05) is 133 Å². The van der Waals surface area contributed by atoms with Crippen molar-refractivity contribution in [3.05, 3.63) is 176 Å². The molecule has 44 heavy (non-hydrogen) atoms. The molecule has 0 amide bonds. The normalized spacial score (nSPS) is 11.2. The number of para-hydroxylation sites is 3. The Morgan fingerprint density at radius 1 is 0.341 bits per heavy atom. The largest absolute Gasteiger partial charge is 0.455 e. The first-order valence-corrected chi connectivity index (χ1v) is 14.9. The first-order chi connectivity index (χ1) is 21.8. The Morgan fingerprint density at radius 2 is 0.909 bits per heavy atom. The Labute approximate surface area is 257 Å². The van der Waals surface area contributed by atoms with E-state index in [1.54, 1.807) is 0 Å². The predicted molar refractivity (Wildman–Crippen MR) is 185 cm³/mol. The van der Waals surface area contributed by atoms with E-state index < -0.39 is 0 Å². The van der Waals surface area contributed by atoms with Crippen LogP contribution in [0.2, 0.25) is 0 Å². The third kappa shape index (κ3) is 4.63. The lowest BCUT2D eigenvalue weighted by Crippen LogP contribution is -2.10. The highest BCUT2D eigenvalue weighted by atomic mass is 16.3. The van der Waals surface area contributed by atoms with Gasteiger partial charge in [0.1, 0.15) is 11.2 Å². The monoisotopic (exact) mass is 563 g/mol. The quantitative estimate of drug-likeness (QED) is 0.200. The van der Waals surface area contributed by atoms with E-state index in [2.05, 4.69) is 169 Å². The molecule has 0 radical (unpaired) electrons. The van der Waals surface area contributed by atoms with Gasteiger partial charge in [-0.25, -0.2) is 0 Å². The van der Waals surface area contributed by atoms with Crippen molar-refractivity contribution in [3.63, 3.8) is 0 Å². The second-order valence-electron chi connectivity index (χ2n) is 11.0. The van der Waals surface area contributed by atoms with Crippen LogP contribution in [0.25, 0.3) is 55.3 Å². The SMILES string of the molecule is c1ccc(-c2ccc(N(c3ccccc3)c3ccc(-c4cccc5c4oc4ccccc45)c(-c4ccccc4)c3)cc2)cc1. The summed E-state index contributed by atoms with van der Waals surface area (Å²) < 4.78 is 6.48. The van der Waals surface area contributed by atoms with E-state index >= 15 is 0 Å². The molecule has 0 aliphatic carbocycles. The number of hydrogen-bond donors (Lipinski definition) is 0. The van der Waals surface area contributed by atoms with E-state index in [-0.39, 0.29) is 0 Å². The standard InChI is InChI=1S/C42H29NO/c1-4-13-30(14-5-1)31-23-25-34(26-24-31)43(33-17-8-3-9-18-33)35-27-28-36(40(29-35)32-15-6-2-7-16-32)38-20-12-21-39-37-19-10-11-22-41(37)44-42(38)39/h1-29H. The van der Waals surface area contributed by atoms with Crippen LogP contribution in [0, 0.1) is 0 Å². The Morgan fingerprint density at radius 3 is 1.66 bits per heavy atom.